The average Bonchev–Trinajstić information content (AvgIpc) is 2.74. The van der Waals surface area contributed by atoms with Gasteiger partial charge in [-0.2, -0.15) is 5.10 Å². The third kappa shape index (κ3) is 4.78. The van der Waals surface area contributed by atoms with Crippen molar-refractivity contribution in [3.63, 3.8) is 0 Å². The number of esters is 1. The van der Waals surface area contributed by atoms with E-state index in [1.165, 1.54) is 0 Å². The van der Waals surface area contributed by atoms with E-state index in [1.807, 2.05) is 33.0 Å². The lowest BCUT2D eigenvalue weighted by Crippen LogP contribution is -2.21. The topological polar surface area (TPSA) is 73.2 Å². The number of halogens is 1. The van der Waals surface area contributed by atoms with Crippen molar-refractivity contribution in [2.75, 3.05) is 11.9 Å². The lowest BCUT2D eigenvalue weighted by molar-refractivity contribution is -0.146. The lowest BCUT2D eigenvalue weighted by atomic mass is 10.1. The van der Waals surface area contributed by atoms with Gasteiger partial charge in [0, 0.05) is 27.6 Å². The molecular formula is C16H18IN3O3. The van der Waals surface area contributed by atoms with Crippen LogP contribution < -0.4 is 5.32 Å². The zero-order chi connectivity index (χ0) is 17.0. The highest BCUT2D eigenvalue weighted by Crippen LogP contribution is 2.13. The van der Waals surface area contributed by atoms with Gasteiger partial charge in [-0.15, -0.1) is 0 Å². The first-order valence-corrected chi connectivity index (χ1v) is 8.15. The van der Waals surface area contributed by atoms with E-state index in [4.69, 9.17) is 4.74 Å². The molecule has 0 atom stereocenters. The van der Waals surface area contributed by atoms with Crippen molar-refractivity contribution in [2.24, 2.45) is 7.05 Å². The second kappa shape index (κ2) is 7.58. The van der Waals surface area contributed by atoms with E-state index in [2.05, 4.69) is 33.0 Å². The van der Waals surface area contributed by atoms with Crippen LogP contribution in [0.1, 0.15) is 17.0 Å². The zero-order valence-electron chi connectivity index (χ0n) is 13.2. The normalized spacial score (nSPS) is 10.4. The number of rotatable bonds is 5. The van der Waals surface area contributed by atoms with Crippen LogP contribution in [0.3, 0.4) is 0 Å². The van der Waals surface area contributed by atoms with Crippen molar-refractivity contribution in [3.05, 3.63) is 44.8 Å². The average molecular weight is 427 g/mol. The number of hydrogen-bond acceptors (Lipinski definition) is 4. The molecule has 2 aromatic rings. The van der Waals surface area contributed by atoms with Crippen LogP contribution in [0.15, 0.2) is 24.3 Å². The summed E-state index contributed by atoms with van der Waals surface area (Å²) in [5.74, 6) is -0.804. The summed E-state index contributed by atoms with van der Waals surface area (Å²) in [7, 11) is 1.83. The van der Waals surface area contributed by atoms with Crippen LogP contribution in [0, 0.1) is 17.4 Å². The van der Waals surface area contributed by atoms with E-state index in [0.717, 1.165) is 20.5 Å². The van der Waals surface area contributed by atoms with Crippen LogP contribution in [-0.2, 0) is 27.8 Å². The number of carbonyl (C=O) groups is 2. The summed E-state index contributed by atoms with van der Waals surface area (Å²) in [5.41, 5.74) is 3.23. The predicted molar refractivity (Wildman–Crippen MR) is 95.1 cm³/mol. The molecule has 0 aliphatic carbocycles. The van der Waals surface area contributed by atoms with Crippen LogP contribution >= 0.6 is 22.6 Å². The summed E-state index contributed by atoms with van der Waals surface area (Å²) in [6.45, 7) is 3.44. The summed E-state index contributed by atoms with van der Waals surface area (Å²) in [6.07, 6.45) is 0.113. The number of benzene rings is 1. The quantitative estimate of drug-likeness (QED) is 0.588. The van der Waals surface area contributed by atoms with E-state index in [0.29, 0.717) is 5.69 Å². The SMILES string of the molecule is Cc1nn(C)c(C)c1CC(=O)OCC(=O)Nc1ccc(I)cc1. The Morgan fingerprint density at radius 2 is 1.91 bits per heavy atom. The molecule has 0 aliphatic rings. The highest BCUT2D eigenvalue weighted by Gasteiger charge is 2.15. The van der Waals surface area contributed by atoms with E-state index < -0.39 is 5.97 Å². The standard InChI is InChI=1S/C16H18IN3O3/c1-10-14(11(2)20(3)19-10)8-16(22)23-9-15(21)18-13-6-4-12(17)5-7-13/h4-7H,8-9H2,1-3H3,(H,18,21). The Bertz CT molecular complexity index is 723. The van der Waals surface area contributed by atoms with E-state index >= 15 is 0 Å². The smallest absolute Gasteiger partial charge is 0.310 e. The highest BCUT2D eigenvalue weighted by molar-refractivity contribution is 14.1. The Morgan fingerprint density at radius 1 is 1.26 bits per heavy atom. The molecule has 2 rings (SSSR count). The number of amides is 1. The first-order valence-electron chi connectivity index (χ1n) is 7.07. The molecule has 1 heterocycles. The van der Waals surface area contributed by atoms with Crippen molar-refractivity contribution in [1.29, 1.82) is 0 Å². The Morgan fingerprint density at radius 3 is 2.48 bits per heavy atom. The predicted octanol–water partition coefficient (Wildman–Crippen LogP) is 2.37. The Hall–Kier alpha value is -1.90. The van der Waals surface area contributed by atoms with Gasteiger partial charge in [0.05, 0.1) is 12.1 Å². The minimum absolute atomic E-state index is 0.113. The summed E-state index contributed by atoms with van der Waals surface area (Å²) < 4.78 is 7.84. The maximum Gasteiger partial charge on any atom is 0.310 e. The molecule has 1 N–H and O–H groups in total. The van der Waals surface area contributed by atoms with Gasteiger partial charge in [0.1, 0.15) is 0 Å². The first kappa shape index (κ1) is 17.5. The van der Waals surface area contributed by atoms with Gasteiger partial charge in [-0.05, 0) is 60.7 Å². The van der Waals surface area contributed by atoms with Gasteiger partial charge in [-0.3, -0.25) is 14.3 Å². The number of anilines is 1. The van der Waals surface area contributed by atoms with Crippen molar-refractivity contribution < 1.29 is 14.3 Å². The second-order valence-electron chi connectivity index (χ2n) is 5.17. The maximum absolute atomic E-state index is 11.9. The third-order valence-corrected chi connectivity index (χ3v) is 4.19. The van der Waals surface area contributed by atoms with Gasteiger partial charge in [0.15, 0.2) is 6.61 Å². The third-order valence-electron chi connectivity index (χ3n) is 3.47. The second-order valence-corrected chi connectivity index (χ2v) is 6.41. The molecule has 1 amide bonds. The van der Waals surface area contributed by atoms with Crippen molar-refractivity contribution in [3.8, 4) is 0 Å². The summed E-state index contributed by atoms with van der Waals surface area (Å²) in [4.78, 5) is 23.7. The van der Waals surface area contributed by atoms with E-state index in [-0.39, 0.29) is 18.9 Å². The van der Waals surface area contributed by atoms with Crippen LogP contribution in [0.2, 0.25) is 0 Å². The molecule has 0 bridgehead atoms. The van der Waals surface area contributed by atoms with Gasteiger partial charge in [-0.25, -0.2) is 0 Å². The number of carbonyl (C=O) groups excluding carboxylic acids is 2. The van der Waals surface area contributed by atoms with Gasteiger partial charge >= 0.3 is 5.97 Å². The maximum atomic E-state index is 11.9. The molecule has 122 valence electrons. The minimum atomic E-state index is -0.443. The number of hydrogen-bond donors (Lipinski definition) is 1. The lowest BCUT2D eigenvalue weighted by Gasteiger charge is -2.07. The Balaban J connectivity index is 1.84. The molecule has 23 heavy (non-hydrogen) atoms. The number of nitrogens with one attached hydrogen (secondary N) is 1. The van der Waals surface area contributed by atoms with Gasteiger partial charge in [0.25, 0.3) is 5.91 Å². The van der Waals surface area contributed by atoms with E-state index in [1.54, 1.807) is 16.8 Å². The molecule has 0 saturated carbocycles. The molecule has 7 heteroatoms. The van der Waals surface area contributed by atoms with Crippen molar-refractivity contribution in [1.82, 2.24) is 9.78 Å². The number of aromatic nitrogens is 2. The van der Waals surface area contributed by atoms with Crippen LogP contribution in [0.4, 0.5) is 5.69 Å². The monoisotopic (exact) mass is 427 g/mol. The van der Waals surface area contributed by atoms with Crippen LogP contribution in [0.5, 0.6) is 0 Å². The van der Waals surface area contributed by atoms with Gasteiger partial charge in [-0.1, -0.05) is 0 Å². The Kier molecular flexibility index (Phi) is 5.75. The first-order chi connectivity index (χ1) is 10.9. The minimum Gasteiger partial charge on any atom is -0.455 e. The van der Waals surface area contributed by atoms with Gasteiger partial charge < -0.3 is 10.1 Å². The molecule has 0 radical (unpaired) electrons. The molecule has 1 aromatic carbocycles. The number of ether oxygens (including phenoxy) is 1. The van der Waals surface area contributed by atoms with Crippen molar-refractivity contribution in [2.45, 2.75) is 20.3 Å². The molecule has 0 unspecified atom stereocenters. The zero-order valence-corrected chi connectivity index (χ0v) is 15.4. The largest absolute Gasteiger partial charge is 0.455 e. The van der Waals surface area contributed by atoms with Crippen LogP contribution in [-0.4, -0.2) is 28.3 Å². The number of nitrogens with zero attached hydrogens (tertiary/aromatic N) is 2. The highest BCUT2D eigenvalue weighted by atomic mass is 127. The van der Waals surface area contributed by atoms with Crippen molar-refractivity contribution >= 4 is 40.2 Å². The molecule has 0 spiro atoms. The number of aryl methyl sites for hydroxylation is 2. The molecule has 6 nitrogen and oxygen atoms in total. The summed E-state index contributed by atoms with van der Waals surface area (Å²) in [5, 5.41) is 6.93. The fourth-order valence-corrected chi connectivity index (χ4v) is 2.50. The molecule has 0 saturated heterocycles. The fourth-order valence-electron chi connectivity index (χ4n) is 2.15. The fraction of sp³-hybridized carbons (Fsp3) is 0.312. The van der Waals surface area contributed by atoms with Crippen LogP contribution in [0.25, 0.3) is 0 Å². The van der Waals surface area contributed by atoms with E-state index in [9.17, 15) is 9.59 Å². The molecule has 0 aliphatic heterocycles. The van der Waals surface area contributed by atoms with Gasteiger partial charge in [0.2, 0.25) is 0 Å². The Labute approximate surface area is 148 Å². The molecular weight excluding hydrogens is 409 g/mol. The summed E-state index contributed by atoms with van der Waals surface area (Å²) >= 11 is 2.18. The molecule has 1 aromatic heterocycles. The summed E-state index contributed by atoms with van der Waals surface area (Å²) in [6, 6.07) is 7.36. The molecule has 0 fully saturated rings.